The lowest BCUT2D eigenvalue weighted by molar-refractivity contribution is 0.136. The number of nitrogens with two attached hydrogens (primary N) is 1. The van der Waals surface area contributed by atoms with Gasteiger partial charge in [0.15, 0.2) is 5.03 Å². The van der Waals surface area contributed by atoms with E-state index >= 15 is 0 Å². The zero-order valence-corrected chi connectivity index (χ0v) is 12.8. The Morgan fingerprint density at radius 3 is 2.76 bits per heavy atom. The number of pyridine rings is 1. The Morgan fingerprint density at radius 2 is 2.00 bits per heavy atom. The first-order valence-corrected chi connectivity index (χ1v) is 8.98. The maximum absolute atomic E-state index is 12.8. The van der Waals surface area contributed by atoms with Crippen LogP contribution >= 0.6 is 0 Å². The second-order valence-electron chi connectivity index (χ2n) is 5.96. The molecule has 6 nitrogen and oxygen atoms in total. The van der Waals surface area contributed by atoms with Gasteiger partial charge in [-0.25, -0.2) is 13.4 Å². The van der Waals surface area contributed by atoms with Gasteiger partial charge in [0.05, 0.1) is 5.69 Å². The van der Waals surface area contributed by atoms with Crippen molar-refractivity contribution < 1.29 is 8.42 Å². The average Bonchev–Trinajstić information content (AvgIpc) is 2.54. The molecule has 2 fully saturated rings. The van der Waals surface area contributed by atoms with Crippen molar-refractivity contribution in [3.63, 3.8) is 0 Å². The van der Waals surface area contributed by atoms with Gasteiger partial charge in [0.1, 0.15) is 0 Å². The molecule has 116 valence electrons. The molecular weight excluding hydrogens is 288 g/mol. The van der Waals surface area contributed by atoms with Gasteiger partial charge in [0.2, 0.25) is 0 Å². The predicted molar refractivity (Wildman–Crippen MR) is 80.9 cm³/mol. The zero-order chi connectivity index (χ0) is 14.9. The minimum Gasteiger partial charge on any atom is -0.321 e. The third-order valence-corrected chi connectivity index (χ3v) is 6.59. The number of anilines is 1. The first-order chi connectivity index (χ1) is 10.1. The van der Waals surface area contributed by atoms with Crippen LogP contribution in [0.3, 0.4) is 0 Å². The minimum absolute atomic E-state index is 0.0294. The van der Waals surface area contributed by atoms with Crippen LogP contribution in [0.4, 0.5) is 5.69 Å². The number of fused-ring (bicyclic) bond motifs is 1. The number of nitrogen functional groups attached to an aromatic ring is 1. The molecule has 2 aliphatic rings. The van der Waals surface area contributed by atoms with Crippen LogP contribution in [0, 0.1) is 11.8 Å². The minimum atomic E-state index is -3.58. The second kappa shape index (κ2) is 5.90. The molecule has 21 heavy (non-hydrogen) atoms. The fraction of sp³-hybridized carbons (Fsp3) is 0.643. The van der Waals surface area contributed by atoms with Crippen molar-refractivity contribution in [3.8, 4) is 0 Å². The quantitative estimate of drug-likeness (QED) is 0.653. The van der Waals surface area contributed by atoms with Crippen LogP contribution < -0.4 is 11.3 Å². The molecule has 1 aromatic heterocycles. The van der Waals surface area contributed by atoms with E-state index < -0.39 is 10.0 Å². The second-order valence-corrected chi connectivity index (χ2v) is 7.81. The number of hydrogen-bond donors (Lipinski definition) is 2. The molecule has 2 heterocycles. The lowest BCUT2D eigenvalue weighted by Gasteiger charge is -2.40. The van der Waals surface area contributed by atoms with Crippen LogP contribution in [0.1, 0.15) is 32.1 Å². The summed E-state index contributed by atoms with van der Waals surface area (Å²) in [5, 5.41) is 0.0294. The Hall–Kier alpha value is -1.18. The normalized spacial score (nSPS) is 27.1. The van der Waals surface area contributed by atoms with Gasteiger partial charge in [0.25, 0.3) is 10.0 Å². The van der Waals surface area contributed by atoms with E-state index in [1.54, 1.807) is 16.4 Å². The molecule has 1 aliphatic heterocycles. The summed E-state index contributed by atoms with van der Waals surface area (Å²) in [5.41, 5.74) is 2.78. The number of aromatic nitrogens is 1. The smallest absolute Gasteiger partial charge is 0.262 e. The van der Waals surface area contributed by atoms with Crippen molar-refractivity contribution >= 4 is 15.7 Å². The first kappa shape index (κ1) is 14.7. The molecule has 0 amide bonds. The van der Waals surface area contributed by atoms with Crippen molar-refractivity contribution in [2.45, 2.75) is 37.1 Å². The summed E-state index contributed by atoms with van der Waals surface area (Å²) in [6, 6.07) is 3.30. The molecule has 3 N–H and O–H groups in total. The van der Waals surface area contributed by atoms with E-state index in [9.17, 15) is 8.42 Å². The Morgan fingerprint density at radius 1 is 1.24 bits per heavy atom. The van der Waals surface area contributed by atoms with E-state index in [2.05, 4.69) is 10.4 Å². The Labute approximate surface area is 125 Å². The number of nitrogens with one attached hydrogen (secondary N) is 1. The summed E-state index contributed by atoms with van der Waals surface area (Å²) < 4.78 is 27.2. The van der Waals surface area contributed by atoms with Crippen molar-refractivity contribution in [3.05, 3.63) is 18.3 Å². The van der Waals surface area contributed by atoms with E-state index in [1.807, 2.05) is 0 Å². The molecule has 0 aromatic carbocycles. The van der Waals surface area contributed by atoms with Crippen molar-refractivity contribution in [1.29, 1.82) is 0 Å². The number of hydrazine groups is 1. The predicted octanol–water partition coefficient (Wildman–Crippen LogP) is 1.57. The molecule has 0 radical (unpaired) electrons. The highest BCUT2D eigenvalue weighted by Gasteiger charge is 2.37. The third-order valence-electron chi connectivity index (χ3n) is 4.76. The van der Waals surface area contributed by atoms with Crippen LogP contribution in [-0.4, -0.2) is 30.8 Å². The van der Waals surface area contributed by atoms with Crippen LogP contribution in [0.15, 0.2) is 23.4 Å². The van der Waals surface area contributed by atoms with E-state index in [0.29, 0.717) is 30.6 Å². The number of hydrogen-bond acceptors (Lipinski definition) is 5. The van der Waals surface area contributed by atoms with Gasteiger partial charge >= 0.3 is 0 Å². The Kier molecular flexibility index (Phi) is 4.14. The number of rotatable bonds is 3. The summed E-state index contributed by atoms with van der Waals surface area (Å²) in [7, 11) is -3.58. The van der Waals surface area contributed by atoms with Crippen LogP contribution in [0.2, 0.25) is 0 Å². The fourth-order valence-electron chi connectivity index (χ4n) is 3.61. The maximum Gasteiger partial charge on any atom is 0.262 e. The van der Waals surface area contributed by atoms with E-state index in [1.165, 1.54) is 25.5 Å². The Balaban J connectivity index is 1.85. The molecular formula is C14H22N4O2S. The van der Waals surface area contributed by atoms with Crippen LogP contribution in [0.5, 0.6) is 0 Å². The highest BCUT2D eigenvalue weighted by atomic mass is 32.2. The van der Waals surface area contributed by atoms with Gasteiger partial charge in [-0.2, -0.15) is 4.31 Å². The highest BCUT2D eigenvalue weighted by molar-refractivity contribution is 7.89. The van der Waals surface area contributed by atoms with E-state index in [-0.39, 0.29) is 5.03 Å². The molecule has 7 heteroatoms. The van der Waals surface area contributed by atoms with Gasteiger partial charge in [-0.05, 0) is 36.8 Å². The van der Waals surface area contributed by atoms with Gasteiger partial charge < -0.3 is 5.43 Å². The molecule has 3 rings (SSSR count). The SMILES string of the molecule is NNc1cccnc1S(=O)(=O)N1CCC2CCCCC2C1. The first-order valence-electron chi connectivity index (χ1n) is 7.54. The molecule has 0 spiro atoms. The van der Waals surface area contributed by atoms with Crippen molar-refractivity contribution in [2.75, 3.05) is 18.5 Å². The molecule has 1 aromatic rings. The summed E-state index contributed by atoms with van der Waals surface area (Å²) in [6.07, 6.45) is 7.34. The third kappa shape index (κ3) is 2.77. The number of piperidine rings is 1. The molecule has 2 unspecified atom stereocenters. The van der Waals surface area contributed by atoms with E-state index in [4.69, 9.17) is 5.84 Å². The molecule has 1 saturated heterocycles. The van der Waals surface area contributed by atoms with Gasteiger partial charge in [0, 0.05) is 19.3 Å². The lowest BCUT2D eigenvalue weighted by Crippen LogP contribution is -2.45. The lowest BCUT2D eigenvalue weighted by atomic mass is 9.76. The summed E-state index contributed by atoms with van der Waals surface area (Å²) in [5.74, 6) is 6.61. The standard InChI is InChI=1S/C14H22N4O2S/c15-17-13-6-3-8-16-14(13)21(19,20)18-9-7-11-4-1-2-5-12(11)10-18/h3,6,8,11-12,17H,1-2,4-5,7,9-10,15H2. The van der Waals surface area contributed by atoms with Crippen molar-refractivity contribution in [1.82, 2.24) is 9.29 Å². The topological polar surface area (TPSA) is 88.3 Å². The summed E-state index contributed by atoms with van der Waals surface area (Å²) >= 11 is 0. The van der Waals surface area contributed by atoms with Crippen LogP contribution in [-0.2, 0) is 10.0 Å². The monoisotopic (exact) mass is 310 g/mol. The average molecular weight is 310 g/mol. The maximum atomic E-state index is 12.8. The molecule has 0 bridgehead atoms. The zero-order valence-electron chi connectivity index (χ0n) is 12.0. The molecule has 2 atom stereocenters. The summed E-state index contributed by atoms with van der Waals surface area (Å²) in [4.78, 5) is 4.03. The van der Waals surface area contributed by atoms with Gasteiger partial charge in [-0.3, -0.25) is 5.84 Å². The van der Waals surface area contributed by atoms with Gasteiger partial charge in [-0.1, -0.05) is 19.3 Å². The molecule has 1 saturated carbocycles. The van der Waals surface area contributed by atoms with Crippen LogP contribution in [0.25, 0.3) is 0 Å². The van der Waals surface area contributed by atoms with E-state index in [0.717, 1.165) is 12.8 Å². The summed E-state index contributed by atoms with van der Waals surface area (Å²) in [6.45, 7) is 1.21. The van der Waals surface area contributed by atoms with Crippen molar-refractivity contribution in [2.24, 2.45) is 17.7 Å². The molecule has 1 aliphatic carbocycles. The fourth-order valence-corrected chi connectivity index (χ4v) is 5.19. The largest absolute Gasteiger partial charge is 0.321 e. The number of sulfonamides is 1. The van der Waals surface area contributed by atoms with Gasteiger partial charge in [-0.15, -0.1) is 0 Å². The number of nitrogens with zero attached hydrogens (tertiary/aromatic N) is 2. The highest BCUT2D eigenvalue weighted by Crippen LogP contribution is 2.37. The Bertz CT molecular complexity index is 605.